The van der Waals surface area contributed by atoms with E-state index >= 15 is 0 Å². The highest BCUT2D eigenvalue weighted by atomic mass is 35.5. The molecule has 0 amide bonds. The summed E-state index contributed by atoms with van der Waals surface area (Å²) < 4.78 is 51.7. The number of ether oxygens (including phenoxy) is 2. The maximum absolute atomic E-state index is 14.4. The minimum absolute atomic E-state index is 0.00465. The molecule has 2 N–H and O–H groups in total. The van der Waals surface area contributed by atoms with E-state index in [1.165, 1.54) is 18.6 Å². The van der Waals surface area contributed by atoms with Gasteiger partial charge in [0, 0.05) is 17.5 Å². The molecule has 1 fully saturated rings. The number of nitrogens with zero attached hydrogens (tertiary/aromatic N) is 2. The van der Waals surface area contributed by atoms with E-state index in [0.717, 1.165) is 0 Å². The van der Waals surface area contributed by atoms with Gasteiger partial charge in [-0.1, -0.05) is 17.7 Å². The topological polar surface area (TPSA) is 102 Å². The molecule has 11 heteroatoms. The SMILES string of the molecule is COc1cc2ncnc(Nc3cccc(Cl)c3F)c2cc1O[C@H]1CC[C@@H](NS(C)(=O)=O)CC1. The first-order valence-corrected chi connectivity index (χ1v) is 12.7. The zero-order valence-corrected chi connectivity index (χ0v) is 19.7. The molecule has 8 nitrogen and oxygen atoms in total. The molecule has 0 saturated heterocycles. The number of methoxy groups -OCH3 is 1. The third-order valence-electron chi connectivity index (χ3n) is 5.47. The molecular formula is C22H24ClFN4O4S. The van der Waals surface area contributed by atoms with Gasteiger partial charge in [0.15, 0.2) is 17.3 Å². The van der Waals surface area contributed by atoms with Crippen molar-refractivity contribution in [3.05, 3.63) is 47.5 Å². The van der Waals surface area contributed by atoms with Gasteiger partial charge in [-0.3, -0.25) is 0 Å². The maximum Gasteiger partial charge on any atom is 0.208 e. The van der Waals surface area contributed by atoms with E-state index in [1.807, 2.05) is 0 Å². The maximum atomic E-state index is 14.4. The molecule has 0 atom stereocenters. The zero-order valence-electron chi connectivity index (χ0n) is 18.1. The minimum atomic E-state index is -3.24. The molecule has 2 aromatic carbocycles. The van der Waals surface area contributed by atoms with Crippen LogP contribution in [0.5, 0.6) is 11.5 Å². The second kappa shape index (κ2) is 9.66. The van der Waals surface area contributed by atoms with Crippen molar-refractivity contribution in [2.75, 3.05) is 18.7 Å². The number of fused-ring (bicyclic) bond motifs is 1. The molecule has 1 aliphatic rings. The highest BCUT2D eigenvalue weighted by Gasteiger charge is 2.25. The average molecular weight is 495 g/mol. The Bertz CT molecular complexity index is 1270. The number of aromatic nitrogens is 2. The summed E-state index contributed by atoms with van der Waals surface area (Å²) in [4.78, 5) is 8.56. The van der Waals surface area contributed by atoms with Crippen LogP contribution < -0.4 is 19.5 Å². The van der Waals surface area contributed by atoms with Crippen LogP contribution >= 0.6 is 11.6 Å². The number of sulfonamides is 1. The number of rotatable bonds is 7. The molecule has 0 aliphatic heterocycles. The van der Waals surface area contributed by atoms with Gasteiger partial charge in [0.2, 0.25) is 10.0 Å². The first kappa shape index (κ1) is 23.5. The summed E-state index contributed by atoms with van der Waals surface area (Å²) in [6, 6.07) is 8.10. The van der Waals surface area contributed by atoms with Crippen molar-refractivity contribution in [3.63, 3.8) is 0 Å². The highest BCUT2D eigenvalue weighted by molar-refractivity contribution is 7.88. The van der Waals surface area contributed by atoms with Gasteiger partial charge in [-0.25, -0.2) is 27.5 Å². The Morgan fingerprint density at radius 3 is 2.58 bits per heavy atom. The third-order valence-corrected chi connectivity index (χ3v) is 6.53. The molecule has 0 bridgehead atoms. The number of hydrogen-bond donors (Lipinski definition) is 2. The monoisotopic (exact) mass is 494 g/mol. The predicted molar refractivity (Wildman–Crippen MR) is 125 cm³/mol. The second-order valence-corrected chi connectivity index (χ2v) is 10.1. The van der Waals surface area contributed by atoms with Crippen molar-refractivity contribution in [3.8, 4) is 11.5 Å². The number of anilines is 2. The van der Waals surface area contributed by atoms with Crippen molar-refractivity contribution in [1.82, 2.24) is 14.7 Å². The number of nitrogens with one attached hydrogen (secondary N) is 2. The summed E-state index contributed by atoms with van der Waals surface area (Å²) in [5, 5.41) is 3.61. The number of hydrogen-bond acceptors (Lipinski definition) is 7. The summed E-state index contributed by atoms with van der Waals surface area (Å²) in [5.74, 6) is 0.844. The van der Waals surface area contributed by atoms with Crippen LogP contribution in [0.4, 0.5) is 15.9 Å². The van der Waals surface area contributed by atoms with Crippen LogP contribution in [0.15, 0.2) is 36.7 Å². The Kier molecular flexibility index (Phi) is 6.87. The molecule has 176 valence electrons. The smallest absolute Gasteiger partial charge is 0.208 e. The Labute approximate surface area is 196 Å². The van der Waals surface area contributed by atoms with Crippen molar-refractivity contribution < 1.29 is 22.3 Å². The van der Waals surface area contributed by atoms with Gasteiger partial charge in [0.25, 0.3) is 0 Å². The van der Waals surface area contributed by atoms with Crippen molar-refractivity contribution >= 4 is 44.0 Å². The molecule has 4 rings (SSSR count). The number of benzene rings is 2. The fourth-order valence-corrected chi connectivity index (χ4v) is 4.94. The zero-order chi connectivity index (χ0) is 23.6. The third kappa shape index (κ3) is 5.63. The van der Waals surface area contributed by atoms with Crippen molar-refractivity contribution in [2.45, 2.75) is 37.8 Å². The first-order chi connectivity index (χ1) is 15.7. The lowest BCUT2D eigenvalue weighted by Gasteiger charge is -2.29. The lowest BCUT2D eigenvalue weighted by molar-refractivity contribution is 0.140. The van der Waals surface area contributed by atoms with E-state index in [1.54, 1.807) is 31.4 Å². The first-order valence-electron chi connectivity index (χ1n) is 10.4. The van der Waals surface area contributed by atoms with E-state index in [0.29, 0.717) is 53.9 Å². The molecular weight excluding hydrogens is 471 g/mol. The predicted octanol–water partition coefficient (Wildman–Crippen LogP) is 4.41. The van der Waals surface area contributed by atoms with Gasteiger partial charge in [0.1, 0.15) is 12.1 Å². The summed E-state index contributed by atoms with van der Waals surface area (Å²) >= 11 is 5.90. The van der Waals surface area contributed by atoms with E-state index in [-0.39, 0.29) is 22.9 Å². The Balaban J connectivity index is 1.58. The van der Waals surface area contributed by atoms with Crippen LogP contribution in [0.3, 0.4) is 0 Å². The van der Waals surface area contributed by atoms with Gasteiger partial charge in [-0.2, -0.15) is 0 Å². The Morgan fingerprint density at radius 2 is 1.88 bits per heavy atom. The van der Waals surface area contributed by atoms with Crippen LogP contribution in [0.25, 0.3) is 10.9 Å². The van der Waals surface area contributed by atoms with Gasteiger partial charge in [0.05, 0.1) is 35.7 Å². The van der Waals surface area contributed by atoms with Gasteiger partial charge >= 0.3 is 0 Å². The van der Waals surface area contributed by atoms with Crippen LogP contribution in [0.2, 0.25) is 5.02 Å². The van der Waals surface area contributed by atoms with E-state index in [2.05, 4.69) is 20.0 Å². The minimum Gasteiger partial charge on any atom is -0.493 e. The Hall–Kier alpha value is -2.69. The molecule has 33 heavy (non-hydrogen) atoms. The van der Waals surface area contributed by atoms with Gasteiger partial charge in [-0.15, -0.1) is 0 Å². The molecule has 1 aromatic heterocycles. The lowest BCUT2D eigenvalue weighted by atomic mass is 9.93. The molecule has 1 aliphatic carbocycles. The highest BCUT2D eigenvalue weighted by Crippen LogP contribution is 2.37. The van der Waals surface area contributed by atoms with Crippen LogP contribution in [-0.2, 0) is 10.0 Å². The van der Waals surface area contributed by atoms with E-state index in [4.69, 9.17) is 21.1 Å². The standard InChI is InChI=1S/C22H24ClFN4O4S/c1-31-19-11-18-15(22(26-12-25-18)27-17-5-3-4-16(23)21(17)24)10-20(19)32-14-8-6-13(7-9-14)28-33(2,29)30/h3-5,10-14,28H,6-9H2,1-2H3,(H,25,26,27)/t13-,14+. The number of halogens is 2. The largest absolute Gasteiger partial charge is 0.493 e. The summed E-state index contributed by atoms with van der Waals surface area (Å²) in [5.41, 5.74) is 0.790. The van der Waals surface area contributed by atoms with E-state index in [9.17, 15) is 12.8 Å². The van der Waals surface area contributed by atoms with Gasteiger partial charge < -0.3 is 14.8 Å². The lowest BCUT2D eigenvalue weighted by Crippen LogP contribution is -2.39. The fraction of sp³-hybridized carbons (Fsp3) is 0.364. The summed E-state index contributed by atoms with van der Waals surface area (Å²) in [7, 11) is -1.69. The molecule has 3 aromatic rings. The quantitative estimate of drug-likeness (QED) is 0.501. The van der Waals surface area contributed by atoms with Crippen molar-refractivity contribution in [1.29, 1.82) is 0 Å². The normalized spacial score (nSPS) is 18.8. The summed E-state index contributed by atoms with van der Waals surface area (Å²) in [6.07, 6.45) is 5.19. The average Bonchev–Trinajstić information content (AvgIpc) is 2.77. The summed E-state index contributed by atoms with van der Waals surface area (Å²) in [6.45, 7) is 0. The molecule has 1 saturated carbocycles. The van der Waals surface area contributed by atoms with Crippen LogP contribution in [0.1, 0.15) is 25.7 Å². The molecule has 0 radical (unpaired) electrons. The van der Waals surface area contributed by atoms with E-state index < -0.39 is 15.8 Å². The Morgan fingerprint density at radius 1 is 1.12 bits per heavy atom. The molecule has 0 spiro atoms. The van der Waals surface area contributed by atoms with Crippen molar-refractivity contribution in [2.24, 2.45) is 0 Å². The molecule has 0 unspecified atom stereocenters. The second-order valence-electron chi connectivity index (χ2n) is 7.95. The van der Waals surface area contributed by atoms with Gasteiger partial charge in [-0.05, 0) is 43.9 Å². The van der Waals surface area contributed by atoms with Crippen LogP contribution in [0, 0.1) is 5.82 Å². The van der Waals surface area contributed by atoms with Crippen LogP contribution in [-0.4, -0.2) is 43.9 Å². The molecule has 1 heterocycles. The fourth-order valence-electron chi connectivity index (χ4n) is 3.92.